The molecule has 1 fully saturated rings. The zero-order chi connectivity index (χ0) is 17.9. The van der Waals surface area contributed by atoms with Crippen LogP contribution in [0.25, 0.3) is 0 Å². The zero-order valence-corrected chi connectivity index (χ0v) is 14.4. The predicted molar refractivity (Wildman–Crippen MR) is 85.9 cm³/mol. The van der Waals surface area contributed by atoms with E-state index in [1.165, 1.54) is 23.0 Å². The fraction of sp³-hybridized carbons (Fsp3) is 0.500. The van der Waals surface area contributed by atoms with Crippen LogP contribution >= 0.6 is 0 Å². The topological polar surface area (TPSA) is 131 Å². The van der Waals surface area contributed by atoms with Crippen LogP contribution in [0.5, 0.6) is 0 Å². The molecule has 3 rings (SSSR count). The normalized spacial score (nSPS) is 16.7. The van der Waals surface area contributed by atoms with E-state index in [0.29, 0.717) is 43.2 Å². The van der Waals surface area contributed by atoms with Crippen molar-refractivity contribution in [3.63, 3.8) is 0 Å². The highest BCUT2D eigenvalue weighted by Crippen LogP contribution is 2.26. The van der Waals surface area contributed by atoms with E-state index < -0.39 is 10.0 Å². The minimum absolute atomic E-state index is 0.0515. The summed E-state index contributed by atoms with van der Waals surface area (Å²) >= 11 is 0. The van der Waals surface area contributed by atoms with Gasteiger partial charge in [0.2, 0.25) is 15.9 Å². The molecule has 134 valence electrons. The second kappa shape index (κ2) is 7.23. The van der Waals surface area contributed by atoms with Crippen LogP contribution in [0.15, 0.2) is 23.0 Å². The number of carbonyl (C=O) groups is 1. The van der Waals surface area contributed by atoms with Gasteiger partial charge in [-0.25, -0.2) is 12.7 Å². The van der Waals surface area contributed by atoms with Gasteiger partial charge in [0.25, 0.3) is 5.91 Å². The van der Waals surface area contributed by atoms with Gasteiger partial charge in [0.1, 0.15) is 0 Å². The molecule has 1 aliphatic heterocycles. The Kier molecular flexibility index (Phi) is 5.04. The molecule has 2 aromatic heterocycles. The van der Waals surface area contributed by atoms with Crippen molar-refractivity contribution in [2.45, 2.75) is 25.3 Å². The van der Waals surface area contributed by atoms with Crippen molar-refractivity contribution in [2.24, 2.45) is 0 Å². The van der Waals surface area contributed by atoms with Crippen molar-refractivity contribution in [1.29, 1.82) is 0 Å². The van der Waals surface area contributed by atoms with Gasteiger partial charge in [-0.15, -0.1) is 0 Å². The number of rotatable bonds is 5. The SMILES string of the molecule is CS(=O)(=O)N1CCC(c2noc(CNC(=O)c3ccnnc3)n2)CC1. The van der Waals surface area contributed by atoms with Gasteiger partial charge in [0, 0.05) is 19.0 Å². The number of hydrogen-bond donors (Lipinski definition) is 1. The maximum atomic E-state index is 11.9. The molecule has 0 atom stereocenters. The minimum Gasteiger partial charge on any atom is -0.343 e. The fourth-order valence-electron chi connectivity index (χ4n) is 2.63. The molecule has 1 saturated heterocycles. The molecule has 10 nitrogen and oxygen atoms in total. The van der Waals surface area contributed by atoms with E-state index in [2.05, 4.69) is 25.7 Å². The molecule has 25 heavy (non-hydrogen) atoms. The summed E-state index contributed by atoms with van der Waals surface area (Å²) in [5.74, 6) is 0.589. The van der Waals surface area contributed by atoms with Crippen LogP contribution in [0, 0.1) is 0 Å². The van der Waals surface area contributed by atoms with Crippen LogP contribution in [0.2, 0.25) is 0 Å². The van der Waals surface area contributed by atoms with Crippen LogP contribution in [-0.2, 0) is 16.6 Å². The molecule has 0 aromatic carbocycles. The molecular formula is C14H18N6O4S. The number of hydrogen-bond acceptors (Lipinski definition) is 8. The third-order valence-electron chi connectivity index (χ3n) is 4.02. The number of sulfonamides is 1. The van der Waals surface area contributed by atoms with Crippen LogP contribution in [0.3, 0.4) is 0 Å². The molecule has 0 radical (unpaired) electrons. The summed E-state index contributed by atoms with van der Waals surface area (Å²) in [6, 6.07) is 1.55. The Bertz CT molecular complexity index is 830. The standard InChI is InChI=1S/C14H18N6O4S/c1-25(22,23)20-6-3-10(4-7-20)13-18-12(24-19-13)9-15-14(21)11-2-5-16-17-8-11/h2,5,8,10H,3-4,6-7,9H2,1H3,(H,15,21). The second-order valence-electron chi connectivity index (χ2n) is 5.80. The monoisotopic (exact) mass is 366 g/mol. The molecule has 1 aliphatic rings. The van der Waals surface area contributed by atoms with Gasteiger partial charge in [-0.3, -0.25) is 4.79 Å². The lowest BCUT2D eigenvalue weighted by Gasteiger charge is -2.28. The van der Waals surface area contributed by atoms with Crippen molar-refractivity contribution in [2.75, 3.05) is 19.3 Å². The first-order valence-electron chi connectivity index (χ1n) is 7.76. The number of nitrogens with zero attached hydrogens (tertiary/aromatic N) is 5. The highest BCUT2D eigenvalue weighted by atomic mass is 32.2. The second-order valence-corrected chi connectivity index (χ2v) is 7.78. The first-order valence-corrected chi connectivity index (χ1v) is 9.61. The summed E-state index contributed by atoms with van der Waals surface area (Å²) in [6.07, 6.45) is 5.29. The van der Waals surface area contributed by atoms with Crippen LogP contribution in [0.4, 0.5) is 0 Å². The molecule has 3 heterocycles. The summed E-state index contributed by atoms with van der Waals surface area (Å²) < 4.78 is 29.7. The Hall–Kier alpha value is -2.40. The summed E-state index contributed by atoms with van der Waals surface area (Å²) in [5, 5.41) is 13.9. The molecule has 1 N–H and O–H groups in total. The van der Waals surface area contributed by atoms with Crippen molar-refractivity contribution in [1.82, 2.24) is 30.0 Å². The molecule has 0 aliphatic carbocycles. The van der Waals surface area contributed by atoms with Gasteiger partial charge >= 0.3 is 0 Å². The third kappa shape index (κ3) is 4.37. The van der Waals surface area contributed by atoms with Gasteiger partial charge in [-0.1, -0.05) is 5.16 Å². The number of nitrogens with one attached hydrogen (secondary N) is 1. The number of aromatic nitrogens is 4. The van der Waals surface area contributed by atoms with E-state index in [1.54, 1.807) is 6.07 Å². The maximum absolute atomic E-state index is 11.9. The largest absolute Gasteiger partial charge is 0.343 e. The van der Waals surface area contributed by atoms with E-state index in [9.17, 15) is 13.2 Å². The van der Waals surface area contributed by atoms with Gasteiger partial charge in [0.15, 0.2) is 5.82 Å². The average Bonchev–Trinajstić information content (AvgIpc) is 3.09. The fourth-order valence-corrected chi connectivity index (χ4v) is 3.51. The van der Waals surface area contributed by atoms with E-state index in [-0.39, 0.29) is 18.4 Å². The number of piperidine rings is 1. The first-order chi connectivity index (χ1) is 11.9. The summed E-state index contributed by atoms with van der Waals surface area (Å²) in [6.45, 7) is 0.995. The van der Waals surface area contributed by atoms with E-state index >= 15 is 0 Å². The van der Waals surface area contributed by atoms with Crippen LogP contribution in [-0.4, -0.2) is 58.3 Å². The van der Waals surface area contributed by atoms with Crippen molar-refractivity contribution in [3.05, 3.63) is 35.7 Å². The molecule has 11 heteroatoms. The van der Waals surface area contributed by atoms with Gasteiger partial charge < -0.3 is 9.84 Å². The third-order valence-corrected chi connectivity index (χ3v) is 5.32. The summed E-state index contributed by atoms with van der Waals surface area (Å²) in [4.78, 5) is 16.2. The lowest BCUT2D eigenvalue weighted by atomic mass is 9.98. The van der Waals surface area contributed by atoms with Crippen LogP contribution < -0.4 is 5.32 Å². The Balaban J connectivity index is 1.54. The molecular weight excluding hydrogens is 348 g/mol. The van der Waals surface area contributed by atoms with Gasteiger partial charge in [0.05, 0.1) is 30.8 Å². The highest BCUT2D eigenvalue weighted by Gasteiger charge is 2.28. The predicted octanol–water partition coefficient (Wildman–Crippen LogP) is -0.0714. The zero-order valence-electron chi connectivity index (χ0n) is 13.6. The minimum atomic E-state index is -3.16. The van der Waals surface area contributed by atoms with Crippen LogP contribution in [0.1, 0.15) is 40.8 Å². The smallest absolute Gasteiger partial charge is 0.253 e. The summed E-state index contributed by atoms with van der Waals surface area (Å²) in [7, 11) is -3.16. The maximum Gasteiger partial charge on any atom is 0.253 e. The number of amides is 1. The van der Waals surface area contributed by atoms with Crippen molar-refractivity contribution >= 4 is 15.9 Å². The highest BCUT2D eigenvalue weighted by molar-refractivity contribution is 7.88. The molecule has 2 aromatic rings. The van der Waals surface area contributed by atoms with E-state index in [1.807, 2.05) is 0 Å². The molecule has 0 bridgehead atoms. The lowest BCUT2D eigenvalue weighted by molar-refractivity contribution is 0.0945. The Morgan fingerprint density at radius 1 is 1.36 bits per heavy atom. The molecule has 0 spiro atoms. The number of carbonyl (C=O) groups excluding carboxylic acids is 1. The van der Waals surface area contributed by atoms with Gasteiger partial charge in [-0.2, -0.15) is 15.2 Å². The van der Waals surface area contributed by atoms with Crippen molar-refractivity contribution in [3.8, 4) is 0 Å². The average molecular weight is 366 g/mol. The lowest BCUT2D eigenvalue weighted by Crippen LogP contribution is -2.37. The quantitative estimate of drug-likeness (QED) is 0.778. The first kappa shape index (κ1) is 17.4. The Labute approximate surface area is 144 Å². The Morgan fingerprint density at radius 3 is 2.76 bits per heavy atom. The molecule has 1 amide bonds. The summed E-state index contributed by atoms with van der Waals surface area (Å²) in [5.41, 5.74) is 0.392. The Morgan fingerprint density at radius 2 is 2.12 bits per heavy atom. The van der Waals surface area contributed by atoms with E-state index in [0.717, 1.165) is 0 Å². The van der Waals surface area contributed by atoms with Gasteiger partial charge in [-0.05, 0) is 18.9 Å². The van der Waals surface area contributed by atoms with E-state index in [4.69, 9.17) is 4.52 Å². The molecule has 0 unspecified atom stereocenters. The van der Waals surface area contributed by atoms with Crippen molar-refractivity contribution < 1.29 is 17.7 Å². The molecule has 0 saturated carbocycles.